The predicted octanol–water partition coefficient (Wildman–Crippen LogP) is 3.05. The summed E-state index contributed by atoms with van der Waals surface area (Å²) in [7, 11) is 0. The molecule has 1 N–H and O–H groups in total. The van der Waals surface area contributed by atoms with Gasteiger partial charge < -0.3 is 9.52 Å². The summed E-state index contributed by atoms with van der Waals surface area (Å²) in [6, 6.07) is 0. The lowest BCUT2D eigenvalue weighted by atomic mass is 9.99. The molecule has 1 saturated carbocycles. The second-order valence-corrected chi connectivity index (χ2v) is 4.22. The summed E-state index contributed by atoms with van der Waals surface area (Å²) in [5, 5.41) is 8.67. The minimum absolute atomic E-state index is 0.252. The average molecular weight is 234 g/mol. The fourth-order valence-electron chi connectivity index (χ4n) is 1.66. The van der Waals surface area contributed by atoms with Crippen LogP contribution in [0.1, 0.15) is 41.4 Å². The Morgan fingerprint density at radius 1 is 1.50 bits per heavy atom. The van der Waals surface area contributed by atoms with Crippen molar-refractivity contribution in [3.63, 3.8) is 0 Å². The fraction of sp³-hybridized carbons (Fsp3) is 0.500. The third kappa shape index (κ3) is 1.58. The number of carboxylic acids is 1. The van der Waals surface area contributed by atoms with Gasteiger partial charge in [0.05, 0.1) is 0 Å². The zero-order valence-electron chi connectivity index (χ0n) is 8.39. The summed E-state index contributed by atoms with van der Waals surface area (Å²) in [6.07, 6.45) is -2.85. The summed E-state index contributed by atoms with van der Waals surface area (Å²) in [5.41, 5.74) is -2.60. The van der Waals surface area contributed by atoms with Crippen molar-refractivity contribution >= 4 is 5.97 Å². The molecule has 16 heavy (non-hydrogen) atoms. The molecular formula is C10H9F3O3. The topological polar surface area (TPSA) is 50.4 Å². The van der Waals surface area contributed by atoms with Gasteiger partial charge in [-0.25, -0.2) is 4.79 Å². The van der Waals surface area contributed by atoms with Crippen molar-refractivity contribution in [3.05, 3.63) is 23.2 Å². The van der Waals surface area contributed by atoms with Gasteiger partial charge in [0.2, 0.25) is 0 Å². The van der Waals surface area contributed by atoms with Gasteiger partial charge >= 0.3 is 12.1 Å². The van der Waals surface area contributed by atoms with Crippen LogP contribution >= 0.6 is 0 Å². The van der Waals surface area contributed by atoms with Crippen molar-refractivity contribution in [2.75, 3.05) is 0 Å². The maximum absolute atomic E-state index is 12.7. The van der Waals surface area contributed by atoms with E-state index in [1.165, 1.54) is 0 Å². The Labute approximate surface area is 88.9 Å². The standard InChI is InChI=1S/C10H9F3O3/c1-9(2-3-9)7-6(10(11,12)13)5(4-16-7)8(14)15/h4H,2-3H2,1H3,(H,14,15). The molecule has 1 heterocycles. The van der Waals surface area contributed by atoms with Gasteiger partial charge in [0, 0.05) is 5.41 Å². The first kappa shape index (κ1) is 11.0. The van der Waals surface area contributed by atoms with E-state index in [4.69, 9.17) is 9.52 Å². The molecular weight excluding hydrogens is 225 g/mol. The van der Waals surface area contributed by atoms with Gasteiger partial charge in [-0.1, -0.05) is 6.92 Å². The highest BCUT2D eigenvalue weighted by Crippen LogP contribution is 2.52. The maximum atomic E-state index is 12.7. The molecule has 0 unspecified atom stereocenters. The highest BCUT2D eigenvalue weighted by Gasteiger charge is 2.51. The van der Waals surface area contributed by atoms with Crippen LogP contribution in [0.2, 0.25) is 0 Å². The summed E-state index contributed by atoms with van der Waals surface area (Å²) < 4.78 is 43.0. The van der Waals surface area contributed by atoms with Crippen LogP contribution in [0.25, 0.3) is 0 Å². The van der Waals surface area contributed by atoms with Crippen LogP contribution in [-0.2, 0) is 11.6 Å². The molecule has 1 aliphatic carbocycles. The second-order valence-electron chi connectivity index (χ2n) is 4.22. The number of rotatable bonds is 2. The number of furan rings is 1. The zero-order valence-corrected chi connectivity index (χ0v) is 8.39. The fourth-order valence-corrected chi connectivity index (χ4v) is 1.66. The van der Waals surface area contributed by atoms with Gasteiger partial charge in [-0.05, 0) is 12.8 Å². The first-order chi connectivity index (χ1) is 7.26. The Morgan fingerprint density at radius 2 is 2.06 bits per heavy atom. The van der Waals surface area contributed by atoms with Crippen LogP contribution in [0.3, 0.4) is 0 Å². The van der Waals surface area contributed by atoms with E-state index in [-0.39, 0.29) is 5.76 Å². The zero-order chi connectivity index (χ0) is 12.1. The Morgan fingerprint density at radius 3 is 2.44 bits per heavy atom. The van der Waals surface area contributed by atoms with Crippen molar-refractivity contribution in [2.24, 2.45) is 0 Å². The van der Waals surface area contributed by atoms with E-state index in [1.807, 2.05) is 0 Å². The minimum Gasteiger partial charge on any atom is -0.478 e. The molecule has 0 amide bonds. The molecule has 1 aliphatic rings. The molecule has 0 saturated heterocycles. The third-order valence-corrected chi connectivity index (χ3v) is 2.85. The molecule has 0 atom stereocenters. The van der Waals surface area contributed by atoms with E-state index in [2.05, 4.69) is 0 Å². The van der Waals surface area contributed by atoms with E-state index in [0.29, 0.717) is 19.1 Å². The molecule has 0 radical (unpaired) electrons. The van der Waals surface area contributed by atoms with E-state index in [1.54, 1.807) is 6.92 Å². The highest BCUT2D eigenvalue weighted by molar-refractivity contribution is 5.89. The molecule has 1 aromatic rings. The predicted molar refractivity (Wildman–Crippen MR) is 47.3 cm³/mol. The van der Waals surface area contributed by atoms with Crippen LogP contribution in [0.4, 0.5) is 13.2 Å². The lowest BCUT2D eigenvalue weighted by Crippen LogP contribution is -2.15. The van der Waals surface area contributed by atoms with E-state index < -0.39 is 28.7 Å². The third-order valence-electron chi connectivity index (χ3n) is 2.85. The van der Waals surface area contributed by atoms with Crippen molar-refractivity contribution < 1.29 is 27.5 Å². The molecule has 1 aromatic heterocycles. The molecule has 1 fully saturated rings. The van der Waals surface area contributed by atoms with Crippen LogP contribution < -0.4 is 0 Å². The van der Waals surface area contributed by atoms with E-state index >= 15 is 0 Å². The quantitative estimate of drug-likeness (QED) is 0.855. The molecule has 88 valence electrons. The number of hydrogen-bond acceptors (Lipinski definition) is 2. The van der Waals surface area contributed by atoms with Gasteiger partial charge in [0.1, 0.15) is 23.2 Å². The van der Waals surface area contributed by atoms with E-state index in [0.717, 1.165) is 0 Å². The average Bonchev–Trinajstić information content (AvgIpc) is 2.72. The minimum atomic E-state index is -4.69. The number of aromatic carboxylic acids is 1. The maximum Gasteiger partial charge on any atom is 0.420 e. The van der Waals surface area contributed by atoms with E-state index in [9.17, 15) is 18.0 Å². The van der Waals surface area contributed by atoms with Gasteiger partial charge in [0.25, 0.3) is 0 Å². The Bertz CT molecular complexity index is 441. The first-order valence-electron chi connectivity index (χ1n) is 4.68. The summed E-state index contributed by atoms with van der Waals surface area (Å²) in [4.78, 5) is 10.7. The van der Waals surface area contributed by atoms with Crippen molar-refractivity contribution in [2.45, 2.75) is 31.4 Å². The van der Waals surface area contributed by atoms with Crippen molar-refractivity contribution in [3.8, 4) is 0 Å². The number of carboxylic acid groups (broad SMARTS) is 1. The smallest absolute Gasteiger partial charge is 0.420 e. The normalized spacial score (nSPS) is 18.5. The lowest BCUT2D eigenvalue weighted by Gasteiger charge is -2.11. The van der Waals surface area contributed by atoms with Crippen LogP contribution in [-0.4, -0.2) is 11.1 Å². The molecule has 3 nitrogen and oxygen atoms in total. The van der Waals surface area contributed by atoms with Crippen LogP contribution in [0.5, 0.6) is 0 Å². The van der Waals surface area contributed by atoms with Gasteiger partial charge in [0.15, 0.2) is 0 Å². The first-order valence-corrected chi connectivity index (χ1v) is 4.68. The monoisotopic (exact) mass is 234 g/mol. The molecule has 0 aliphatic heterocycles. The van der Waals surface area contributed by atoms with Crippen LogP contribution in [0, 0.1) is 0 Å². The number of halogens is 3. The Kier molecular flexibility index (Phi) is 2.09. The summed E-state index contributed by atoms with van der Waals surface area (Å²) in [6.45, 7) is 1.63. The van der Waals surface area contributed by atoms with Crippen molar-refractivity contribution in [1.29, 1.82) is 0 Å². The van der Waals surface area contributed by atoms with Gasteiger partial charge in [-0.2, -0.15) is 13.2 Å². The number of hydrogen-bond donors (Lipinski definition) is 1. The largest absolute Gasteiger partial charge is 0.478 e. The Hall–Kier alpha value is -1.46. The summed E-state index contributed by atoms with van der Waals surface area (Å²) in [5.74, 6) is -1.87. The highest BCUT2D eigenvalue weighted by atomic mass is 19.4. The molecule has 0 spiro atoms. The lowest BCUT2D eigenvalue weighted by molar-refractivity contribution is -0.139. The molecule has 0 aromatic carbocycles. The number of carbonyl (C=O) groups is 1. The van der Waals surface area contributed by atoms with Crippen LogP contribution in [0.15, 0.2) is 10.7 Å². The Balaban J connectivity index is 2.59. The number of alkyl halides is 3. The second kappa shape index (κ2) is 3.02. The van der Waals surface area contributed by atoms with Gasteiger partial charge in [-0.3, -0.25) is 0 Å². The molecule has 2 rings (SSSR count). The SMILES string of the molecule is CC1(c2occ(C(=O)O)c2C(F)(F)F)CC1. The summed E-state index contributed by atoms with van der Waals surface area (Å²) >= 11 is 0. The molecule has 6 heteroatoms. The van der Waals surface area contributed by atoms with Crippen molar-refractivity contribution in [1.82, 2.24) is 0 Å². The molecule has 0 bridgehead atoms. The van der Waals surface area contributed by atoms with Gasteiger partial charge in [-0.15, -0.1) is 0 Å².